The highest BCUT2D eigenvalue weighted by atomic mass is 32.2. The van der Waals surface area contributed by atoms with Gasteiger partial charge in [-0.05, 0) is 30.7 Å². The van der Waals surface area contributed by atoms with Crippen LogP contribution in [0.1, 0.15) is 17.3 Å². The van der Waals surface area contributed by atoms with Gasteiger partial charge in [-0.25, -0.2) is 4.79 Å². The van der Waals surface area contributed by atoms with E-state index < -0.39 is 5.97 Å². The highest BCUT2D eigenvalue weighted by Gasteiger charge is 2.27. The molecule has 0 N–H and O–H groups in total. The van der Waals surface area contributed by atoms with Gasteiger partial charge in [0.1, 0.15) is 11.3 Å². The highest BCUT2D eigenvalue weighted by molar-refractivity contribution is 7.99. The van der Waals surface area contributed by atoms with Crippen molar-refractivity contribution in [1.82, 2.24) is 4.57 Å². The number of carbonyl (C=O) groups excluding carboxylic acids is 1. The lowest BCUT2D eigenvalue weighted by Gasteiger charge is -2.22. The van der Waals surface area contributed by atoms with Crippen LogP contribution in [-0.2, 0) is 11.3 Å². The van der Waals surface area contributed by atoms with E-state index in [4.69, 9.17) is 9.47 Å². The van der Waals surface area contributed by atoms with Gasteiger partial charge in [-0.15, -0.1) is 11.8 Å². The van der Waals surface area contributed by atoms with Crippen molar-refractivity contribution in [2.45, 2.75) is 18.4 Å². The quantitative estimate of drug-likeness (QED) is 0.640. The molecule has 0 bridgehead atoms. The van der Waals surface area contributed by atoms with Crippen molar-refractivity contribution in [1.29, 1.82) is 0 Å². The minimum atomic E-state index is -0.588. The van der Waals surface area contributed by atoms with Gasteiger partial charge < -0.3 is 14.0 Å². The second-order valence-electron chi connectivity index (χ2n) is 6.16. The molecule has 1 aromatic heterocycles. The number of rotatable bonds is 4. The second kappa shape index (κ2) is 7.12. The van der Waals surface area contributed by atoms with Crippen LogP contribution >= 0.6 is 11.8 Å². The van der Waals surface area contributed by atoms with E-state index in [0.717, 1.165) is 27.1 Å². The van der Waals surface area contributed by atoms with Crippen molar-refractivity contribution < 1.29 is 14.3 Å². The fraction of sp³-hybridized carbons (Fsp3) is 0.238. The molecule has 4 rings (SSSR count). The molecule has 5 nitrogen and oxygen atoms in total. The molecule has 0 fully saturated rings. The van der Waals surface area contributed by atoms with Gasteiger partial charge in [0.2, 0.25) is 0 Å². The first kappa shape index (κ1) is 17.7. The lowest BCUT2D eigenvalue weighted by atomic mass is 9.95. The Morgan fingerprint density at radius 2 is 2.04 bits per heavy atom. The topological polar surface area (TPSA) is 57.5 Å². The number of carbonyl (C=O) groups is 1. The number of hydrogen-bond acceptors (Lipinski definition) is 5. The van der Waals surface area contributed by atoms with Crippen LogP contribution in [0.25, 0.3) is 22.0 Å². The first-order valence-corrected chi connectivity index (χ1v) is 9.78. The van der Waals surface area contributed by atoms with Gasteiger partial charge in [-0.3, -0.25) is 4.79 Å². The molecule has 0 unspecified atom stereocenters. The third-order valence-corrected chi connectivity index (χ3v) is 5.68. The normalized spacial score (nSPS) is 12.8. The molecule has 0 saturated heterocycles. The Morgan fingerprint density at radius 1 is 1.22 bits per heavy atom. The van der Waals surface area contributed by atoms with E-state index in [-0.39, 0.29) is 17.7 Å². The van der Waals surface area contributed by atoms with Crippen molar-refractivity contribution in [3.63, 3.8) is 0 Å². The molecule has 0 spiro atoms. The highest BCUT2D eigenvalue weighted by Crippen LogP contribution is 2.38. The fourth-order valence-corrected chi connectivity index (χ4v) is 4.55. The molecule has 0 saturated carbocycles. The van der Waals surface area contributed by atoms with Gasteiger partial charge in [0.05, 0.1) is 19.2 Å². The third-order valence-electron chi connectivity index (χ3n) is 4.66. The van der Waals surface area contributed by atoms with E-state index in [0.29, 0.717) is 17.9 Å². The summed E-state index contributed by atoms with van der Waals surface area (Å²) in [6, 6.07) is 13.3. The molecule has 0 radical (unpaired) electrons. The van der Waals surface area contributed by atoms with E-state index in [1.165, 1.54) is 0 Å². The zero-order chi connectivity index (χ0) is 19.0. The lowest BCUT2D eigenvalue weighted by Crippen LogP contribution is -2.31. The molecule has 138 valence electrons. The predicted octanol–water partition coefficient (Wildman–Crippen LogP) is 3.96. The first-order chi connectivity index (χ1) is 13.2. The summed E-state index contributed by atoms with van der Waals surface area (Å²) in [5.41, 5.74) is 2.03. The summed E-state index contributed by atoms with van der Waals surface area (Å²) < 4.78 is 12.3. The summed E-state index contributed by atoms with van der Waals surface area (Å²) in [6.07, 6.45) is 0. The number of para-hydroxylation sites is 1. The van der Waals surface area contributed by atoms with Gasteiger partial charge in [0.25, 0.3) is 5.56 Å². The molecule has 6 heteroatoms. The third kappa shape index (κ3) is 2.90. The summed E-state index contributed by atoms with van der Waals surface area (Å²) in [5.74, 6) is 0.874. The van der Waals surface area contributed by atoms with Crippen LogP contribution in [0.2, 0.25) is 0 Å². The van der Waals surface area contributed by atoms with Gasteiger partial charge in [-0.2, -0.15) is 0 Å². The van der Waals surface area contributed by atoms with Crippen LogP contribution in [-0.4, -0.2) is 30.0 Å². The average Bonchev–Trinajstić information content (AvgIpc) is 2.70. The molecule has 0 aliphatic carbocycles. The van der Waals surface area contributed by atoms with Gasteiger partial charge in [0, 0.05) is 28.1 Å². The van der Waals surface area contributed by atoms with E-state index in [1.54, 1.807) is 30.4 Å². The first-order valence-electron chi connectivity index (χ1n) is 8.79. The minimum Gasteiger partial charge on any atom is -0.497 e. The van der Waals surface area contributed by atoms with Gasteiger partial charge in [0.15, 0.2) is 0 Å². The molecule has 0 amide bonds. The number of pyridine rings is 1. The average molecular weight is 381 g/mol. The number of benzene rings is 2. The molecular weight excluding hydrogens is 362 g/mol. The predicted molar refractivity (Wildman–Crippen MR) is 107 cm³/mol. The van der Waals surface area contributed by atoms with E-state index in [2.05, 4.69) is 0 Å². The second-order valence-corrected chi connectivity index (χ2v) is 7.30. The van der Waals surface area contributed by atoms with E-state index >= 15 is 0 Å². The van der Waals surface area contributed by atoms with Crippen LogP contribution in [0, 0.1) is 0 Å². The van der Waals surface area contributed by atoms with Crippen LogP contribution in [0.4, 0.5) is 0 Å². The molecule has 1 aliphatic rings. The number of aromatic nitrogens is 1. The van der Waals surface area contributed by atoms with Crippen molar-refractivity contribution in [2.24, 2.45) is 0 Å². The smallest absolute Gasteiger partial charge is 0.344 e. The van der Waals surface area contributed by atoms with Crippen molar-refractivity contribution in [3.8, 4) is 16.9 Å². The van der Waals surface area contributed by atoms with Gasteiger partial charge in [-0.1, -0.05) is 24.3 Å². The maximum atomic E-state index is 13.3. The van der Waals surface area contributed by atoms with Crippen LogP contribution < -0.4 is 10.3 Å². The Hall–Kier alpha value is -2.73. The van der Waals surface area contributed by atoms with E-state index in [1.807, 2.05) is 42.5 Å². The minimum absolute atomic E-state index is 0.0849. The molecule has 2 aromatic carbocycles. The molecule has 27 heavy (non-hydrogen) atoms. The molecule has 3 aromatic rings. The summed E-state index contributed by atoms with van der Waals surface area (Å²) in [7, 11) is 1.59. The number of thioether (sulfide) groups is 1. The Bertz CT molecular complexity index is 1100. The van der Waals surface area contributed by atoms with Crippen LogP contribution in [0.5, 0.6) is 5.75 Å². The maximum absolute atomic E-state index is 13.3. The van der Waals surface area contributed by atoms with Crippen molar-refractivity contribution >= 4 is 28.6 Å². The maximum Gasteiger partial charge on any atom is 0.344 e. The summed E-state index contributed by atoms with van der Waals surface area (Å²) in [5, 5.41) is 0.871. The number of esters is 1. The Labute approximate surface area is 160 Å². The van der Waals surface area contributed by atoms with Gasteiger partial charge >= 0.3 is 5.97 Å². The molecule has 2 heterocycles. The standard InChI is InChI=1S/C21H19NO4S/c1-3-26-21(24)18-17(13-6-4-7-14(12-13)25-2)15-8-5-9-16-19(15)22(20(18)23)10-11-27-16/h4-9,12H,3,10-11H2,1-2H3. The van der Waals surface area contributed by atoms with Crippen LogP contribution in [0.3, 0.4) is 0 Å². The lowest BCUT2D eigenvalue weighted by molar-refractivity contribution is 0.0525. The number of aryl methyl sites for hydroxylation is 1. The largest absolute Gasteiger partial charge is 0.497 e. The Balaban J connectivity index is 2.15. The summed E-state index contributed by atoms with van der Waals surface area (Å²) in [4.78, 5) is 27.1. The van der Waals surface area contributed by atoms with Crippen molar-refractivity contribution in [2.75, 3.05) is 19.5 Å². The zero-order valence-corrected chi connectivity index (χ0v) is 16.0. The Kier molecular flexibility index (Phi) is 4.66. The summed E-state index contributed by atoms with van der Waals surface area (Å²) >= 11 is 1.73. The number of methoxy groups -OCH3 is 1. The number of nitrogens with zero attached hydrogens (tertiary/aromatic N) is 1. The van der Waals surface area contributed by atoms with E-state index in [9.17, 15) is 9.59 Å². The fourth-order valence-electron chi connectivity index (χ4n) is 3.53. The molecule has 0 atom stereocenters. The molecular formula is C21H19NO4S. The van der Waals surface area contributed by atoms with Crippen molar-refractivity contribution in [3.05, 3.63) is 58.4 Å². The number of ether oxygens (including phenoxy) is 2. The summed E-state index contributed by atoms with van der Waals surface area (Å²) in [6.45, 7) is 2.52. The number of hydrogen-bond donors (Lipinski definition) is 0. The Morgan fingerprint density at radius 3 is 2.81 bits per heavy atom. The zero-order valence-electron chi connectivity index (χ0n) is 15.2. The van der Waals surface area contributed by atoms with Crippen LogP contribution in [0.15, 0.2) is 52.2 Å². The SMILES string of the molecule is CCOC(=O)c1c(-c2cccc(OC)c2)c2cccc3c2n(c1=O)CCS3. The molecule has 1 aliphatic heterocycles. The monoisotopic (exact) mass is 381 g/mol.